The summed E-state index contributed by atoms with van der Waals surface area (Å²) in [5.41, 5.74) is 0.662. The fourth-order valence-corrected chi connectivity index (χ4v) is 2.05. The van der Waals surface area contributed by atoms with Crippen molar-refractivity contribution >= 4 is 29.7 Å². The van der Waals surface area contributed by atoms with Crippen LogP contribution >= 0.6 is 24.0 Å². The first-order chi connectivity index (χ1) is 6.77. The van der Waals surface area contributed by atoms with Gasteiger partial charge in [0.2, 0.25) is 5.78 Å². The molecule has 2 nitrogen and oxygen atoms in total. The lowest BCUT2D eigenvalue weighted by atomic mass is 10.1. The fraction of sp³-hybridized carbons (Fsp3) is 0. The van der Waals surface area contributed by atoms with Crippen molar-refractivity contribution in [1.82, 2.24) is 4.98 Å². The average molecular weight is 221 g/mol. The molecule has 0 spiro atoms. The number of ketones is 1. The van der Waals surface area contributed by atoms with E-state index >= 15 is 0 Å². The van der Waals surface area contributed by atoms with Gasteiger partial charge < -0.3 is 0 Å². The van der Waals surface area contributed by atoms with Crippen LogP contribution in [0.4, 0.5) is 0 Å². The lowest BCUT2D eigenvalue weighted by Gasteiger charge is -1.94. The number of thiol groups is 1. The maximum Gasteiger partial charge on any atom is 0.221 e. The molecule has 14 heavy (non-hydrogen) atoms. The molecular weight excluding hydrogens is 214 g/mol. The molecule has 4 heteroatoms. The van der Waals surface area contributed by atoms with E-state index in [4.69, 9.17) is 0 Å². The van der Waals surface area contributed by atoms with E-state index in [9.17, 15) is 4.79 Å². The van der Waals surface area contributed by atoms with Crippen molar-refractivity contribution in [2.75, 3.05) is 0 Å². The van der Waals surface area contributed by atoms with E-state index in [0.29, 0.717) is 15.6 Å². The molecule has 0 unspecified atom stereocenters. The highest BCUT2D eigenvalue weighted by molar-refractivity contribution is 7.80. The Bertz CT molecular complexity index is 450. The second-order valence-electron chi connectivity index (χ2n) is 2.71. The van der Waals surface area contributed by atoms with Crippen molar-refractivity contribution in [3.8, 4) is 0 Å². The van der Waals surface area contributed by atoms with Crippen molar-refractivity contribution in [3.63, 3.8) is 0 Å². The summed E-state index contributed by atoms with van der Waals surface area (Å²) < 4.78 is 0. The first-order valence-corrected chi connectivity index (χ1v) is 5.34. The number of hydrogen-bond donors (Lipinski definition) is 1. The van der Waals surface area contributed by atoms with Crippen LogP contribution < -0.4 is 0 Å². The molecule has 0 aliphatic carbocycles. The van der Waals surface area contributed by atoms with Gasteiger partial charge in [-0.2, -0.15) is 0 Å². The standard InChI is InChI=1S/C10H7NOS2/c12-9(7-4-2-1-3-5-7)10-11-8(13)6-14-10/h1-6,13H. The highest BCUT2D eigenvalue weighted by Crippen LogP contribution is 2.16. The third-order valence-electron chi connectivity index (χ3n) is 1.72. The third kappa shape index (κ3) is 1.86. The van der Waals surface area contributed by atoms with Gasteiger partial charge in [0.25, 0.3) is 0 Å². The molecule has 1 heterocycles. The van der Waals surface area contributed by atoms with E-state index in [2.05, 4.69) is 17.6 Å². The third-order valence-corrected chi connectivity index (χ3v) is 2.97. The first-order valence-electron chi connectivity index (χ1n) is 4.01. The number of nitrogens with zero attached hydrogens (tertiary/aromatic N) is 1. The molecule has 70 valence electrons. The normalized spacial score (nSPS) is 10.1. The predicted octanol–water partition coefficient (Wildman–Crippen LogP) is 2.66. The van der Waals surface area contributed by atoms with Crippen molar-refractivity contribution < 1.29 is 4.79 Å². The molecule has 0 radical (unpaired) electrons. The van der Waals surface area contributed by atoms with E-state index in [0.717, 1.165) is 0 Å². The van der Waals surface area contributed by atoms with Crippen molar-refractivity contribution in [2.24, 2.45) is 0 Å². The summed E-state index contributed by atoms with van der Waals surface area (Å²) in [4.78, 5) is 15.8. The van der Waals surface area contributed by atoms with Crippen LogP contribution in [-0.4, -0.2) is 10.8 Å². The number of carbonyl (C=O) groups is 1. The molecule has 0 saturated carbocycles. The maximum atomic E-state index is 11.8. The Hall–Kier alpha value is -1.13. The Morgan fingerprint density at radius 3 is 2.57 bits per heavy atom. The molecule has 0 aliphatic heterocycles. The van der Waals surface area contributed by atoms with Crippen LogP contribution in [0.5, 0.6) is 0 Å². The van der Waals surface area contributed by atoms with Gasteiger partial charge in [-0.3, -0.25) is 4.79 Å². The van der Waals surface area contributed by atoms with E-state index < -0.39 is 0 Å². The average Bonchev–Trinajstić information content (AvgIpc) is 2.65. The number of hydrogen-bond acceptors (Lipinski definition) is 4. The minimum atomic E-state index is -0.0455. The Morgan fingerprint density at radius 1 is 1.29 bits per heavy atom. The van der Waals surface area contributed by atoms with Crippen molar-refractivity contribution in [1.29, 1.82) is 0 Å². The summed E-state index contributed by atoms with van der Waals surface area (Å²) >= 11 is 5.37. The summed E-state index contributed by atoms with van der Waals surface area (Å²) in [6.07, 6.45) is 0. The lowest BCUT2D eigenvalue weighted by Crippen LogP contribution is -1.99. The Kier molecular flexibility index (Phi) is 2.65. The van der Waals surface area contributed by atoms with Crippen LogP contribution in [0.25, 0.3) is 0 Å². The summed E-state index contributed by atoms with van der Waals surface area (Å²) in [6.45, 7) is 0. The summed E-state index contributed by atoms with van der Waals surface area (Å²) in [7, 11) is 0. The Labute approximate surface area is 91.0 Å². The highest BCUT2D eigenvalue weighted by atomic mass is 32.1. The molecule has 0 atom stereocenters. The monoisotopic (exact) mass is 221 g/mol. The number of benzene rings is 1. The molecule has 0 amide bonds. The van der Waals surface area contributed by atoms with Gasteiger partial charge in [0.05, 0.1) is 0 Å². The highest BCUT2D eigenvalue weighted by Gasteiger charge is 2.11. The molecule has 1 aromatic heterocycles. The number of aromatic nitrogens is 1. The number of carbonyl (C=O) groups excluding carboxylic acids is 1. The maximum absolute atomic E-state index is 11.8. The molecule has 2 aromatic rings. The molecule has 0 saturated heterocycles. The van der Waals surface area contributed by atoms with E-state index in [1.54, 1.807) is 17.5 Å². The molecule has 2 rings (SSSR count). The minimum absolute atomic E-state index is 0.0455. The van der Waals surface area contributed by atoms with Gasteiger partial charge in [0.1, 0.15) is 5.03 Å². The summed E-state index contributed by atoms with van der Waals surface area (Å²) in [5.74, 6) is -0.0455. The largest absolute Gasteiger partial charge is 0.286 e. The van der Waals surface area contributed by atoms with Crippen molar-refractivity contribution in [3.05, 3.63) is 46.3 Å². The minimum Gasteiger partial charge on any atom is -0.286 e. The van der Waals surface area contributed by atoms with Gasteiger partial charge in [0.15, 0.2) is 5.01 Å². The van der Waals surface area contributed by atoms with Crippen LogP contribution in [0.2, 0.25) is 0 Å². The quantitative estimate of drug-likeness (QED) is 0.624. The molecule has 0 aliphatic rings. The van der Waals surface area contributed by atoms with Crippen LogP contribution in [0.1, 0.15) is 15.4 Å². The second-order valence-corrected chi connectivity index (χ2v) is 4.02. The van der Waals surface area contributed by atoms with Gasteiger partial charge >= 0.3 is 0 Å². The Balaban J connectivity index is 2.34. The molecular formula is C10H7NOS2. The SMILES string of the molecule is O=C(c1ccccc1)c1nc(S)cs1. The zero-order valence-corrected chi connectivity index (χ0v) is 8.89. The Morgan fingerprint density at radius 2 is 2.00 bits per heavy atom. The van der Waals surface area contributed by atoms with Crippen LogP contribution in [-0.2, 0) is 0 Å². The molecule has 1 aromatic carbocycles. The van der Waals surface area contributed by atoms with Gasteiger partial charge in [-0.1, -0.05) is 30.3 Å². The van der Waals surface area contributed by atoms with E-state index in [1.165, 1.54) is 11.3 Å². The van der Waals surface area contributed by atoms with Gasteiger partial charge in [0, 0.05) is 10.9 Å². The molecule has 0 N–H and O–H groups in total. The first kappa shape index (κ1) is 9.43. The zero-order valence-electron chi connectivity index (χ0n) is 7.18. The summed E-state index contributed by atoms with van der Waals surface area (Å²) in [6, 6.07) is 9.11. The number of thiazole rings is 1. The van der Waals surface area contributed by atoms with E-state index in [1.807, 2.05) is 18.2 Å². The zero-order chi connectivity index (χ0) is 9.97. The molecule has 0 fully saturated rings. The van der Waals surface area contributed by atoms with Crippen molar-refractivity contribution in [2.45, 2.75) is 5.03 Å². The fourth-order valence-electron chi connectivity index (χ4n) is 1.08. The summed E-state index contributed by atoms with van der Waals surface area (Å²) in [5, 5.41) is 2.83. The van der Waals surface area contributed by atoms with Crippen LogP contribution in [0.3, 0.4) is 0 Å². The smallest absolute Gasteiger partial charge is 0.221 e. The van der Waals surface area contributed by atoms with Gasteiger partial charge in [-0.25, -0.2) is 4.98 Å². The van der Waals surface area contributed by atoms with Gasteiger partial charge in [-0.05, 0) is 0 Å². The van der Waals surface area contributed by atoms with E-state index in [-0.39, 0.29) is 5.78 Å². The van der Waals surface area contributed by atoms with Crippen LogP contribution in [0, 0.1) is 0 Å². The van der Waals surface area contributed by atoms with Crippen LogP contribution in [0.15, 0.2) is 40.7 Å². The predicted molar refractivity (Wildman–Crippen MR) is 59.2 cm³/mol. The lowest BCUT2D eigenvalue weighted by molar-refractivity contribution is 0.103. The van der Waals surface area contributed by atoms with Gasteiger partial charge in [-0.15, -0.1) is 24.0 Å². The second kappa shape index (κ2) is 3.94. The number of rotatable bonds is 2. The molecule has 0 bridgehead atoms. The topological polar surface area (TPSA) is 30.0 Å².